The molecule has 4 rings (SSSR count). The number of H-pyrrole nitrogens is 1. The molecule has 3 N–H and O–H groups in total. The van der Waals surface area contributed by atoms with Crippen LogP contribution in [0.25, 0.3) is 10.9 Å². The van der Waals surface area contributed by atoms with Crippen LogP contribution in [0.15, 0.2) is 52.2 Å². The number of hydrogen-bond acceptors (Lipinski definition) is 5. The summed E-state index contributed by atoms with van der Waals surface area (Å²) in [7, 11) is -4.00. The van der Waals surface area contributed by atoms with Gasteiger partial charge in [-0.2, -0.15) is 0 Å². The second kappa shape index (κ2) is 9.97. The molecule has 2 amide bonds. The number of nitrogens with one attached hydrogen (secondary N) is 3. The van der Waals surface area contributed by atoms with E-state index in [0.29, 0.717) is 35.5 Å². The smallest absolute Gasteiger partial charge is 0.328 e. The molecule has 0 atom stereocenters. The van der Waals surface area contributed by atoms with Crippen molar-refractivity contribution in [2.75, 3.05) is 0 Å². The number of hydrogen-bond donors (Lipinski definition) is 3. The Labute approximate surface area is 199 Å². The fourth-order valence-electron chi connectivity index (χ4n) is 4.35. The Hall–Kier alpha value is -3.20. The van der Waals surface area contributed by atoms with E-state index in [0.717, 1.165) is 36.8 Å². The van der Waals surface area contributed by atoms with Crippen LogP contribution in [-0.2, 0) is 22.9 Å². The molecule has 1 heterocycles. The largest absolute Gasteiger partial charge is 0.335 e. The van der Waals surface area contributed by atoms with E-state index >= 15 is 0 Å². The maximum atomic E-state index is 12.8. The number of carbonyl (C=O) groups is 1. The molecule has 8 nitrogen and oxygen atoms in total. The molecule has 0 spiro atoms. The number of nitrogens with zero attached hydrogens (tertiary/aromatic N) is 1. The lowest BCUT2D eigenvalue weighted by molar-refractivity contribution is 0.233. The molecule has 0 saturated heterocycles. The van der Waals surface area contributed by atoms with Crippen molar-refractivity contribution in [2.45, 2.75) is 63.3 Å². The monoisotopic (exact) mass is 482 g/mol. The van der Waals surface area contributed by atoms with Gasteiger partial charge < -0.3 is 10.3 Å². The molecule has 1 aliphatic carbocycles. The van der Waals surface area contributed by atoms with Crippen LogP contribution in [0.2, 0.25) is 0 Å². The molecule has 0 bridgehead atoms. The Morgan fingerprint density at radius 1 is 1.09 bits per heavy atom. The molecule has 3 aromatic rings. The zero-order valence-corrected chi connectivity index (χ0v) is 20.2. The van der Waals surface area contributed by atoms with Crippen LogP contribution in [0.4, 0.5) is 4.79 Å². The first-order valence-corrected chi connectivity index (χ1v) is 13.1. The van der Waals surface area contributed by atoms with Crippen LogP contribution >= 0.6 is 0 Å². The maximum Gasteiger partial charge on any atom is 0.328 e. The Kier molecular flexibility index (Phi) is 7.02. The lowest BCUT2D eigenvalue weighted by atomic mass is 9.87. The van der Waals surface area contributed by atoms with Gasteiger partial charge in [-0.25, -0.2) is 22.9 Å². The third-order valence-electron chi connectivity index (χ3n) is 6.35. The molecular weight excluding hydrogens is 452 g/mol. The summed E-state index contributed by atoms with van der Waals surface area (Å²) in [5.41, 5.74) is 2.22. The molecule has 0 radical (unpaired) electrons. The van der Waals surface area contributed by atoms with Gasteiger partial charge in [0, 0.05) is 12.5 Å². The fourth-order valence-corrected chi connectivity index (χ4v) is 5.33. The summed E-state index contributed by atoms with van der Waals surface area (Å²) in [5, 5.41) is 3.32. The van der Waals surface area contributed by atoms with Crippen molar-refractivity contribution < 1.29 is 13.2 Å². The number of aromatic nitrogens is 2. The summed E-state index contributed by atoms with van der Waals surface area (Å²) in [6, 6.07) is 11.3. The first-order valence-electron chi connectivity index (χ1n) is 11.6. The van der Waals surface area contributed by atoms with Gasteiger partial charge in [-0.05, 0) is 80.3 Å². The molecule has 1 saturated carbocycles. The minimum absolute atomic E-state index is 0.00173. The molecule has 1 aliphatic rings. The van der Waals surface area contributed by atoms with Crippen LogP contribution in [0.3, 0.4) is 0 Å². The Morgan fingerprint density at radius 2 is 1.85 bits per heavy atom. The topological polar surface area (TPSA) is 121 Å². The summed E-state index contributed by atoms with van der Waals surface area (Å²) < 4.78 is 27.6. The Bertz CT molecular complexity index is 1360. The number of rotatable bonds is 6. The summed E-state index contributed by atoms with van der Waals surface area (Å²) >= 11 is 0. The number of aromatic amines is 1. The third-order valence-corrected chi connectivity index (χ3v) is 7.68. The van der Waals surface area contributed by atoms with Crippen molar-refractivity contribution in [3.63, 3.8) is 0 Å². The Morgan fingerprint density at radius 3 is 2.62 bits per heavy atom. The van der Waals surface area contributed by atoms with Crippen molar-refractivity contribution in [3.05, 3.63) is 69.8 Å². The predicted molar refractivity (Wildman–Crippen MR) is 131 cm³/mol. The highest BCUT2D eigenvalue weighted by Gasteiger charge is 2.23. The second-order valence-corrected chi connectivity index (χ2v) is 10.9. The minimum Gasteiger partial charge on any atom is -0.335 e. The number of carbonyl (C=O) groups excluding carboxylic acids is 1. The first kappa shape index (κ1) is 23.9. The zero-order chi connectivity index (χ0) is 24.3. The third kappa shape index (κ3) is 5.83. The second-order valence-electron chi connectivity index (χ2n) is 9.22. The van der Waals surface area contributed by atoms with Crippen LogP contribution in [0.1, 0.15) is 49.6 Å². The van der Waals surface area contributed by atoms with E-state index in [9.17, 15) is 18.0 Å². The van der Waals surface area contributed by atoms with Crippen LogP contribution in [0.5, 0.6) is 0 Å². The van der Waals surface area contributed by atoms with E-state index in [-0.39, 0.29) is 16.5 Å². The van der Waals surface area contributed by atoms with Gasteiger partial charge in [-0.1, -0.05) is 25.1 Å². The van der Waals surface area contributed by atoms with Crippen LogP contribution in [-0.4, -0.2) is 30.5 Å². The normalized spacial score (nSPS) is 18.5. The quantitative estimate of drug-likeness (QED) is 0.496. The molecular formula is C25H30N4O4S. The van der Waals surface area contributed by atoms with E-state index in [2.05, 4.69) is 26.9 Å². The first-order chi connectivity index (χ1) is 16.2. The number of sulfonamides is 1. The average molecular weight is 483 g/mol. The van der Waals surface area contributed by atoms with Crippen LogP contribution in [0, 0.1) is 12.8 Å². The molecule has 180 valence electrons. The number of benzene rings is 2. The molecule has 0 aliphatic heterocycles. The molecule has 9 heteroatoms. The standard InChI is InChI=1S/C25H30N4O4S/c1-16-6-10-19(11-7-16)26-25(31)29-34(32,33)20-5-3-4-18(15-20)9-13-23-27-22-14-17(2)8-12-21(22)24(30)28-23/h3-5,8,12,14-16,19H,6-7,9-11,13H2,1-2H3,(H2,26,29,31)(H,27,28,30). The van der Waals surface area contributed by atoms with E-state index in [1.54, 1.807) is 18.2 Å². The highest BCUT2D eigenvalue weighted by atomic mass is 32.2. The highest BCUT2D eigenvalue weighted by Crippen LogP contribution is 2.23. The van der Waals surface area contributed by atoms with E-state index in [1.807, 2.05) is 25.1 Å². The maximum absolute atomic E-state index is 12.8. The number of amides is 2. The van der Waals surface area contributed by atoms with Crippen molar-refractivity contribution >= 4 is 27.0 Å². The highest BCUT2D eigenvalue weighted by molar-refractivity contribution is 7.90. The molecule has 34 heavy (non-hydrogen) atoms. The predicted octanol–water partition coefficient (Wildman–Crippen LogP) is 3.58. The van der Waals surface area contributed by atoms with Gasteiger partial charge in [0.2, 0.25) is 0 Å². The Balaban J connectivity index is 1.41. The molecule has 2 aromatic carbocycles. The van der Waals surface area contributed by atoms with Gasteiger partial charge >= 0.3 is 6.03 Å². The lowest BCUT2D eigenvalue weighted by Gasteiger charge is -2.26. The van der Waals surface area contributed by atoms with Gasteiger partial charge in [0.05, 0.1) is 15.8 Å². The van der Waals surface area contributed by atoms with E-state index in [1.165, 1.54) is 6.07 Å². The van der Waals surface area contributed by atoms with Crippen molar-refractivity contribution in [2.24, 2.45) is 5.92 Å². The SMILES string of the molecule is Cc1ccc2c(=O)[nH]c(CCc3cccc(S(=O)(=O)NC(=O)NC4CCC(C)CC4)c3)nc2c1. The average Bonchev–Trinajstić information content (AvgIpc) is 2.79. The van der Waals surface area contributed by atoms with Gasteiger partial charge in [0.25, 0.3) is 15.6 Å². The summed E-state index contributed by atoms with van der Waals surface area (Å²) in [4.78, 5) is 32.0. The van der Waals surface area contributed by atoms with Gasteiger partial charge in [0.15, 0.2) is 0 Å². The lowest BCUT2D eigenvalue weighted by Crippen LogP contribution is -2.45. The van der Waals surface area contributed by atoms with E-state index < -0.39 is 16.1 Å². The van der Waals surface area contributed by atoms with Crippen LogP contribution < -0.4 is 15.6 Å². The summed E-state index contributed by atoms with van der Waals surface area (Å²) in [6.45, 7) is 4.13. The van der Waals surface area contributed by atoms with Gasteiger partial charge in [-0.3, -0.25) is 4.79 Å². The molecule has 1 aromatic heterocycles. The summed E-state index contributed by atoms with van der Waals surface area (Å²) in [5.74, 6) is 1.18. The van der Waals surface area contributed by atoms with Crippen molar-refractivity contribution in [1.82, 2.24) is 20.0 Å². The van der Waals surface area contributed by atoms with E-state index in [4.69, 9.17) is 0 Å². The summed E-state index contributed by atoms with van der Waals surface area (Å²) in [6.07, 6.45) is 4.68. The van der Waals surface area contributed by atoms with Crippen molar-refractivity contribution in [3.8, 4) is 0 Å². The van der Waals surface area contributed by atoms with Gasteiger partial charge in [0.1, 0.15) is 5.82 Å². The molecule has 1 fully saturated rings. The van der Waals surface area contributed by atoms with Gasteiger partial charge in [-0.15, -0.1) is 0 Å². The molecule has 0 unspecified atom stereocenters. The minimum atomic E-state index is -4.00. The number of aryl methyl sites for hydroxylation is 3. The number of fused-ring (bicyclic) bond motifs is 1. The van der Waals surface area contributed by atoms with Crippen molar-refractivity contribution in [1.29, 1.82) is 0 Å². The number of urea groups is 1. The zero-order valence-electron chi connectivity index (χ0n) is 19.4. The fraction of sp³-hybridized carbons (Fsp3) is 0.400.